The van der Waals surface area contributed by atoms with Crippen molar-refractivity contribution in [1.82, 2.24) is 34.6 Å². The highest BCUT2D eigenvalue weighted by atomic mass is 35.5. The number of para-hydroxylation sites is 1. The quantitative estimate of drug-likeness (QED) is 0.230. The van der Waals surface area contributed by atoms with Crippen LogP contribution in [0.25, 0.3) is 21.9 Å². The second-order valence-corrected chi connectivity index (χ2v) is 14.9. The Balaban J connectivity index is 1.06. The van der Waals surface area contributed by atoms with Gasteiger partial charge in [-0.3, -0.25) is 14.3 Å². The van der Waals surface area contributed by atoms with Gasteiger partial charge in [0.15, 0.2) is 0 Å². The Hall–Kier alpha value is -4.30. The summed E-state index contributed by atoms with van der Waals surface area (Å²) in [5.74, 6) is -0.353. The van der Waals surface area contributed by atoms with Crippen LogP contribution < -0.4 is 11.0 Å². The number of urea groups is 1. The van der Waals surface area contributed by atoms with Crippen molar-refractivity contribution in [2.24, 2.45) is 11.8 Å². The molecule has 3 N–H and O–H groups in total. The molecule has 7 rings (SSSR count). The van der Waals surface area contributed by atoms with E-state index in [0.29, 0.717) is 61.9 Å². The van der Waals surface area contributed by atoms with Gasteiger partial charge in [-0.15, -0.1) is 0 Å². The molecule has 3 fully saturated rings. The highest BCUT2D eigenvalue weighted by Gasteiger charge is 2.38. The maximum atomic E-state index is 14.1. The Bertz CT molecular complexity index is 2010. The molecule has 0 saturated carbocycles. The summed E-state index contributed by atoms with van der Waals surface area (Å²) in [5, 5.41) is 13.2. The van der Waals surface area contributed by atoms with Crippen molar-refractivity contribution in [1.29, 1.82) is 0 Å². The van der Waals surface area contributed by atoms with Crippen molar-refractivity contribution < 1.29 is 27.9 Å². The number of alkyl halides is 3. The van der Waals surface area contributed by atoms with Crippen LogP contribution in [0.3, 0.4) is 0 Å². The maximum Gasteiger partial charge on any atom is 0.420 e. The number of nitrogens with zero attached hydrogens (tertiary/aromatic N) is 5. The number of carbonyl (C=O) groups excluding carboxylic acids is 2. The lowest BCUT2D eigenvalue weighted by atomic mass is 9.79. The normalized spacial score (nSPS) is 19.4. The molecule has 15 heteroatoms. The van der Waals surface area contributed by atoms with Crippen LogP contribution in [0.4, 0.5) is 18.0 Å². The topological polar surface area (TPSA) is 127 Å². The number of phenols is 1. The van der Waals surface area contributed by atoms with Crippen molar-refractivity contribution >= 4 is 45.5 Å². The van der Waals surface area contributed by atoms with Gasteiger partial charge in [-0.25, -0.2) is 9.59 Å². The first-order chi connectivity index (χ1) is 24.9. The fourth-order valence-corrected chi connectivity index (χ4v) is 8.63. The van der Waals surface area contributed by atoms with Crippen molar-refractivity contribution in [2.75, 3.05) is 46.3 Å². The van der Waals surface area contributed by atoms with Crippen LogP contribution in [-0.2, 0) is 17.4 Å². The number of nitrogens with one attached hydrogen (secondary N) is 2. The summed E-state index contributed by atoms with van der Waals surface area (Å²) in [4.78, 5) is 54.1. The van der Waals surface area contributed by atoms with E-state index in [9.17, 15) is 32.7 Å². The van der Waals surface area contributed by atoms with Crippen molar-refractivity contribution in [3.63, 3.8) is 0 Å². The van der Waals surface area contributed by atoms with Crippen molar-refractivity contribution in [3.8, 4) is 5.75 Å². The number of rotatable bonds is 6. The first-order valence-corrected chi connectivity index (χ1v) is 18.3. The number of likely N-dealkylation sites (tertiary alicyclic amines) is 3. The number of aromatic hydroxyl groups is 1. The monoisotopic (exact) mass is 741 g/mol. The first kappa shape index (κ1) is 36.1. The number of phenolic OH excluding ortho intramolecular Hbond substituents is 1. The highest BCUT2D eigenvalue weighted by molar-refractivity contribution is 6.32. The average molecular weight is 742 g/mol. The molecule has 3 amide bonds. The zero-order valence-corrected chi connectivity index (χ0v) is 29.7. The van der Waals surface area contributed by atoms with Gasteiger partial charge in [-0.1, -0.05) is 29.8 Å². The molecule has 3 saturated heterocycles. The number of amides is 3. The second-order valence-electron chi connectivity index (χ2n) is 14.5. The lowest BCUT2D eigenvalue weighted by molar-refractivity contribution is -0.138. The van der Waals surface area contributed by atoms with Gasteiger partial charge < -0.3 is 30.1 Å². The van der Waals surface area contributed by atoms with Gasteiger partial charge >= 0.3 is 17.9 Å². The molecule has 0 aliphatic carbocycles. The molecule has 52 heavy (non-hydrogen) atoms. The summed E-state index contributed by atoms with van der Waals surface area (Å²) in [7, 11) is 2.12. The van der Waals surface area contributed by atoms with E-state index < -0.39 is 34.6 Å². The molecule has 0 unspecified atom stereocenters. The first-order valence-electron chi connectivity index (χ1n) is 18.0. The van der Waals surface area contributed by atoms with E-state index in [2.05, 4.69) is 27.2 Å². The fraction of sp³-hybridized carbons (Fsp3) is 0.514. The van der Waals surface area contributed by atoms with Crippen LogP contribution in [0, 0.1) is 11.8 Å². The minimum absolute atomic E-state index is 0.0635. The van der Waals surface area contributed by atoms with E-state index in [1.54, 1.807) is 20.6 Å². The van der Waals surface area contributed by atoms with Crippen LogP contribution in [0.1, 0.15) is 55.7 Å². The Morgan fingerprint density at radius 1 is 0.981 bits per heavy atom. The van der Waals surface area contributed by atoms with Gasteiger partial charge in [0.2, 0.25) is 5.91 Å². The lowest BCUT2D eigenvalue weighted by Crippen LogP contribution is -2.55. The number of benzene rings is 2. The van der Waals surface area contributed by atoms with Crippen molar-refractivity contribution in [3.05, 3.63) is 69.2 Å². The predicted octanol–water partition coefficient (Wildman–Crippen LogP) is 5.79. The molecule has 0 spiro atoms. The van der Waals surface area contributed by atoms with E-state index in [-0.39, 0.29) is 29.6 Å². The smallest absolute Gasteiger partial charge is 0.420 e. The molecule has 5 heterocycles. The number of imidazole rings is 1. The van der Waals surface area contributed by atoms with Crippen LogP contribution in [0.2, 0.25) is 5.02 Å². The molecule has 3 aliphatic heterocycles. The molecule has 2 aromatic carbocycles. The van der Waals surface area contributed by atoms with E-state index >= 15 is 0 Å². The van der Waals surface area contributed by atoms with Crippen LogP contribution in [0.15, 0.2) is 47.4 Å². The Morgan fingerprint density at radius 2 is 1.62 bits per heavy atom. The minimum Gasteiger partial charge on any atom is -0.506 e. The molecule has 2 aromatic heterocycles. The third-order valence-electron chi connectivity index (χ3n) is 11.3. The van der Waals surface area contributed by atoms with E-state index in [1.165, 1.54) is 6.07 Å². The number of pyridine rings is 1. The summed E-state index contributed by atoms with van der Waals surface area (Å²) in [6, 6.07) is 7.66. The fourth-order valence-electron chi connectivity index (χ4n) is 8.39. The van der Waals surface area contributed by atoms with Crippen LogP contribution >= 0.6 is 11.6 Å². The van der Waals surface area contributed by atoms with Crippen LogP contribution in [-0.4, -0.2) is 98.6 Å². The molecular formula is C37H43ClF3N7O4. The predicted molar refractivity (Wildman–Crippen MR) is 191 cm³/mol. The van der Waals surface area contributed by atoms with Gasteiger partial charge in [0.1, 0.15) is 11.8 Å². The molecule has 278 valence electrons. The SMILES string of the molecule is CN1CCC(C2CCN(C(=O)[C@@H](Cc3cc(Cl)c(O)c(C(F)(F)F)c3)NC(=O)N3CCC(n4c(=O)[nH]c5c6ccccc6ncc54)CC3)CC2)CC1. The molecular weight excluding hydrogens is 699 g/mol. The van der Waals surface area contributed by atoms with Gasteiger partial charge in [0.25, 0.3) is 0 Å². The number of halogens is 4. The summed E-state index contributed by atoms with van der Waals surface area (Å²) >= 11 is 6.02. The van der Waals surface area contributed by atoms with Gasteiger partial charge in [0.05, 0.1) is 33.3 Å². The number of aromatic nitrogens is 3. The van der Waals surface area contributed by atoms with E-state index in [4.69, 9.17) is 11.6 Å². The third-order valence-corrected chi connectivity index (χ3v) is 11.6. The van der Waals surface area contributed by atoms with Crippen molar-refractivity contribution in [2.45, 2.75) is 63.2 Å². The molecule has 4 aromatic rings. The lowest BCUT2D eigenvalue weighted by Gasteiger charge is -2.40. The third kappa shape index (κ3) is 7.32. The highest BCUT2D eigenvalue weighted by Crippen LogP contribution is 2.41. The molecule has 0 bridgehead atoms. The standard InChI is InChI=1S/C37H43ClF3N7O4/c1-45-12-6-23(7-13-45)24-8-14-46(15-9-24)34(50)30(20-22-18-27(37(39,40)41)33(49)28(38)19-22)43-35(51)47-16-10-25(11-17-47)48-31-21-42-29-5-3-2-4-26(29)32(31)44-36(48)52/h2-5,18-19,21,23-25,30,49H,6-17,20H2,1H3,(H,43,51)(H,44,52)/t30-/m1/s1. The molecule has 0 radical (unpaired) electrons. The number of hydrogen-bond acceptors (Lipinski definition) is 6. The zero-order chi connectivity index (χ0) is 36.7. The molecule has 1 atom stereocenters. The Labute approximate surface area is 303 Å². The number of fused-ring (bicyclic) bond motifs is 3. The number of piperidine rings is 3. The van der Waals surface area contributed by atoms with Gasteiger partial charge in [-0.05, 0) is 94.3 Å². The number of aromatic amines is 1. The Kier molecular flexibility index (Phi) is 10.1. The average Bonchev–Trinajstić information content (AvgIpc) is 3.48. The molecule has 11 nitrogen and oxygen atoms in total. The largest absolute Gasteiger partial charge is 0.506 e. The zero-order valence-electron chi connectivity index (χ0n) is 29.0. The van der Waals surface area contributed by atoms with E-state index in [1.807, 2.05) is 24.3 Å². The number of H-pyrrole nitrogens is 1. The van der Waals surface area contributed by atoms with Crippen LogP contribution in [0.5, 0.6) is 5.75 Å². The maximum absolute atomic E-state index is 14.1. The summed E-state index contributed by atoms with van der Waals surface area (Å²) in [5.41, 5.74) is 0.660. The number of hydrogen-bond donors (Lipinski definition) is 3. The second kappa shape index (κ2) is 14.6. The van der Waals surface area contributed by atoms with Gasteiger partial charge in [-0.2, -0.15) is 13.2 Å². The van der Waals surface area contributed by atoms with Gasteiger partial charge in [0, 0.05) is 44.0 Å². The summed E-state index contributed by atoms with van der Waals surface area (Å²) in [6.07, 6.45) is 1.41. The minimum atomic E-state index is -4.87. The summed E-state index contributed by atoms with van der Waals surface area (Å²) in [6.45, 7) is 3.70. The summed E-state index contributed by atoms with van der Waals surface area (Å²) < 4.78 is 43.0. The number of carbonyl (C=O) groups is 2. The van der Waals surface area contributed by atoms with E-state index in [0.717, 1.165) is 55.7 Å². The Morgan fingerprint density at radius 3 is 2.29 bits per heavy atom. The molecule has 3 aliphatic rings.